The molecule has 3 N–H and O–H groups in total. The van der Waals surface area contributed by atoms with E-state index in [-0.39, 0.29) is 16.9 Å². The van der Waals surface area contributed by atoms with E-state index in [1.54, 1.807) is 42.5 Å². The van der Waals surface area contributed by atoms with Crippen molar-refractivity contribution in [3.63, 3.8) is 0 Å². The molecule has 0 spiro atoms. The monoisotopic (exact) mass is 421 g/mol. The third-order valence-electron chi connectivity index (χ3n) is 3.10. The number of rotatable bonds is 4. The van der Waals surface area contributed by atoms with Gasteiger partial charge in [0.25, 0.3) is 5.91 Å². The third kappa shape index (κ3) is 5.54. The third-order valence-corrected chi connectivity index (χ3v) is 3.79. The van der Waals surface area contributed by atoms with Gasteiger partial charge in [-0.05, 0) is 54.7 Å². The molecule has 0 unspecified atom stereocenters. The molecule has 0 bridgehead atoms. The van der Waals surface area contributed by atoms with Crippen LogP contribution >= 0.6 is 28.1 Å². The summed E-state index contributed by atoms with van der Waals surface area (Å²) < 4.78 is 6.00. The number of benzene rings is 2. The second-order valence-corrected chi connectivity index (χ2v) is 6.34. The minimum absolute atomic E-state index is 0.211. The molecule has 0 saturated carbocycles. The van der Waals surface area contributed by atoms with Gasteiger partial charge in [-0.2, -0.15) is 0 Å². The highest BCUT2D eigenvalue weighted by Gasteiger charge is 2.13. The molecule has 0 heterocycles. The first-order valence-corrected chi connectivity index (χ1v) is 8.42. The topological polar surface area (TPSA) is 79.5 Å². The number of amides is 2. The van der Waals surface area contributed by atoms with Crippen LogP contribution in [0.1, 0.15) is 17.3 Å². The lowest BCUT2D eigenvalue weighted by Gasteiger charge is -2.11. The molecule has 0 fully saturated rings. The summed E-state index contributed by atoms with van der Waals surface area (Å²) in [6.45, 7) is 1.38. The summed E-state index contributed by atoms with van der Waals surface area (Å²) in [5, 5.41) is 8.36. The highest BCUT2D eigenvalue weighted by molar-refractivity contribution is 9.10. The number of ether oxygens (including phenoxy) is 1. The Morgan fingerprint density at radius 3 is 2.20 bits per heavy atom. The van der Waals surface area contributed by atoms with Gasteiger partial charge < -0.3 is 20.7 Å². The van der Waals surface area contributed by atoms with Crippen LogP contribution in [0.3, 0.4) is 0 Å². The molecule has 0 aliphatic carbocycles. The maximum absolute atomic E-state index is 12.4. The summed E-state index contributed by atoms with van der Waals surface area (Å²) in [5.41, 5.74) is 1.73. The molecule has 2 aromatic carbocycles. The Labute approximate surface area is 159 Å². The van der Waals surface area contributed by atoms with E-state index >= 15 is 0 Å². The quantitative estimate of drug-likeness (QED) is 0.657. The van der Waals surface area contributed by atoms with Crippen LogP contribution in [0.25, 0.3) is 0 Å². The van der Waals surface area contributed by atoms with Crippen molar-refractivity contribution in [2.24, 2.45) is 0 Å². The number of carbonyl (C=O) groups excluding carboxylic acids is 2. The Kier molecular flexibility index (Phi) is 6.49. The largest absolute Gasteiger partial charge is 0.496 e. The van der Waals surface area contributed by atoms with E-state index in [0.717, 1.165) is 4.47 Å². The summed E-state index contributed by atoms with van der Waals surface area (Å²) in [5.74, 6) is -0.0448. The molecule has 25 heavy (non-hydrogen) atoms. The number of carbonyl (C=O) groups is 2. The zero-order chi connectivity index (χ0) is 18.4. The van der Waals surface area contributed by atoms with Crippen LogP contribution in [0.4, 0.5) is 11.4 Å². The van der Waals surface area contributed by atoms with Gasteiger partial charge in [-0.15, -0.1) is 0 Å². The van der Waals surface area contributed by atoms with Crippen molar-refractivity contribution in [2.75, 3.05) is 17.7 Å². The summed E-state index contributed by atoms with van der Waals surface area (Å²) in [6.07, 6.45) is 0. The first-order valence-electron chi connectivity index (χ1n) is 7.22. The van der Waals surface area contributed by atoms with Crippen molar-refractivity contribution < 1.29 is 14.3 Å². The normalized spacial score (nSPS) is 9.88. The van der Waals surface area contributed by atoms with E-state index in [9.17, 15) is 9.59 Å². The van der Waals surface area contributed by atoms with E-state index in [1.165, 1.54) is 14.0 Å². The fourth-order valence-corrected chi connectivity index (χ4v) is 2.64. The van der Waals surface area contributed by atoms with Crippen molar-refractivity contribution in [1.82, 2.24) is 5.32 Å². The van der Waals surface area contributed by atoms with Gasteiger partial charge in [0.2, 0.25) is 5.91 Å². The number of anilines is 2. The predicted molar refractivity (Wildman–Crippen MR) is 105 cm³/mol. The molecule has 6 nitrogen and oxygen atoms in total. The van der Waals surface area contributed by atoms with Gasteiger partial charge in [0.1, 0.15) is 5.75 Å². The lowest BCUT2D eigenvalue weighted by Crippen LogP contribution is -2.32. The molecule has 130 valence electrons. The van der Waals surface area contributed by atoms with E-state index in [1.807, 2.05) is 0 Å². The van der Waals surface area contributed by atoms with Crippen molar-refractivity contribution in [3.05, 3.63) is 52.5 Å². The van der Waals surface area contributed by atoms with E-state index in [0.29, 0.717) is 22.7 Å². The maximum atomic E-state index is 12.4. The molecule has 2 aromatic rings. The van der Waals surface area contributed by atoms with Gasteiger partial charge in [0.05, 0.1) is 12.7 Å². The second kappa shape index (κ2) is 8.59. The zero-order valence-corrected chi connectivity index (χ0v) is 16.0. The highest BCUT2D eigenvalue weighted by atomic mass is 79.9. The molecular weight excluding hydrogens is 406 g/mol. The molecule has 2 rings (SSSR count). The Morgan fingerprint density at radius 2 is 1.64 bits per heavy atom. The maximum Gasteiger partial charge on any atom is 0.259 e. The molecule has 0 saturated heterocycles. The van der Waals surface area contributed by atoms with Crippen LogP contribution in [0.5, 0.6) is 5.75 Å². The van der Waals surface area contributed by atoms with Crippen LogP contribution in [0.15, 0.2) is 46.9 Å². The molecule has 0 radical (unpaired) electrons. The number of halogens is 1. The van der Waals surface area contributed by atoms with Crippen molar-refractivity contribution in [2.45, 2.75) is 6.92 Å². The lowest BCUT2D eigenvalue weighted by atomic mass is 10.2. The Balaban J connectivity index is 2.06. The Hall–Kier alpha value is -2.45. The van der Waals surface area contributed by atoms with Gasteiger partial charge in [-0.1, -0.05) is 15.9 Å². The van der Waals surface area contributed by atoms with Gasteiger partial charge in [-0.25, -0.2) is 0 Å². The SMILES string of the molecule is COc1ccc(Br)cc1C(=O)Nc1ccc(NC(=S)NC(C)=O)cc1. The predicted octanol–water partition coefficient (Wildman–Crippen LogP) is 3.54. The van der Waals surface area contributed by atoms with Crippen LogP contribution in [-0.4, -0.2) is 24.0 Å². The van der Waals surface area contributed by atoms with Crippen LogP contribution in [0.2, 0.25) is 0 Å². The molecule has 0 aliphatic heterocycles. The second-order valence-electron chi connectivity index (χ2n) is 5.01. The number of methoxy groups -OCH3 is 1. The van der Waals surface area contributed by atoms with E-state index in [2.05, 4.69) is 31.9 Å². The summed E-state index contributed by atoms with van der Waals surface area (Å²) in [4.78, 5) is 23.4. The van der Waals surface area contributed by atoms with Gasteiger partial charge >= 0.3 is 0 Å². The molecule has 0 aromatic heterocycles. The minimum atomic E-state index is -0.285. The van der Waals surface area contributed by atoms with Crippen LogP contribution in [-0.2, 0) is 4.79 Å². The Bertz CT molecular complexity index is 809. The summed E-state index contributed by atoms with van der Waals surface area (Å²) >= 11 is 8.33. The lowest BCUT2D eigenvalue weighted by molar-refractivity contribution is -0.117. The van der Waals surface area contributed by atoms with Crippen molar-refractivity contribution in [1.29, 1.82) is 0 Å². The number of hydrogen-bond donors (Lipinski definition) is 3. The number of nitrogens with one attached hydrogen (secondary N) is 3. The standard InChI is InChI=1S/C17H16BrN3O3S/c1-10(22)19-17(25)21-13-6-4-12(5-7-13)20-16(23)14-9-11(18)3-8-15(14)24-2/h3-9H,1-2H3,(H,20,23)(H2,19,21,22,25). The first-order chi connectivity index (χ1) is 11.9. The zero-order valence-electron chi connectivity index (χ0n) is 13.6. The average Bonchev–Trinajstić information content (AvgIpc) is 2.55. The number of hydrogen-bond acceptors (Lipinski definition) is 4. The molecular formula is C17H16BrN3O3S. The van der Waals surface area contributed by atoms with E-state index < -0.39 is 0 Å². The highest BCUT2D eigenvalue weighted by Crippen LogP contribution is 2.24. The summed E-state index contributed by atoms with van der Waals surface area (Å²) in [7, 11) is 1.51. The molecule has 0 atom stereocenters. The van der Waals surface area contributed by atoms with Crippen LogP contribution in [0, 0.1) is 0 Å². The summed E-state index contributed by atoms with van der Waals surface area (Å²) in [6, 6.07) is 12.1. The average molecular weight is 422 g/mol. The van der Waals surface area contributed by atoms with Crippen molar-refractivity contribution in [3.8, 4) is 5.75 Å². The fraction of sp³-hybridized carbons (Fsp3) is 0.118. The first kappa shape index (κ1) is 18.9. The van der Waals surface area contributed by atoms with Crippen LogP contribution < -0.4 is 20.7 Å². The molecule has 2 amide bonds. The minimum Gasteiger partial charge on any atom is -0.496 e. The molecule has 0 aliphatic rings. The van der Waals surface area contributed by atoms with Crippen molar-refractivity contribution >= 4 is 56.4 Å². The van der Waals surface area contributed by atoms with Gasteiger partial charge in [-0.3, -0.25) is 9.59 Å². The Morgan fingerprint density at radius 1 is 1.04 bits per heavy atom. The van der Waals surface area contributed by atoms with E-state index in [4.69, 9.17) is 17.0 Å². The van der Waals surface area contributed by atoms with Gasteiger partial charge in [0, 0.05) is 22.8 Å². The molecule has 8 heteroatoms. The van der Waals surface area contributed by atoms with Gasteiger partial charge in [0.15, 0.2) is 5.11 Å². The number of thiocarbonyl (C=S) groups is 1. The fourth-order valence-electron chi connectivity index (χ4n) is 2.02. The smallest absolute Gasteiger partial charge is 0.259 e.